The van der Waals surface area contributed by atoms with Crippen molar-refractivity contribution < 1.29 is 9.59 Å². The standard InChI is InChI=1S/C18H18Cl2N2O2S/c1-22(10-17(23)21-12-6-7-13(19)14(20)9-12)18(24)16-8-11-4-2-3-5-15(11)25-16/h6-9H,2-5,10H2,1H3,(H,21,23). The molecule has 0 saturated heterocycles. The summed E-state index contributed by atoms with van der Waals surface area (Å²) in [4.78, 5) is 28.2. The van der Waals surface area contributed by atoms with Crippen molar-refractivity contribution in [2.75, 3.05) is 18.9 Å². The number of nitrogens with zero attached hydrogens (tertiary/aromatic N) is 1. The topological polar surface area (TPSA) is 49.4 Å². The van der Waals surface area contributed by atoms with E-state index >= 15 is 0 Å². The SMILES string of the molecule is CN(CC(=O)Nc1ccc(Cl)c(Cl)c1)C(=O)c1cc2c(s1)CCCC2. The van der Waals surface area contributed by atoms with Crippen molar-refractivity contribution in [3.05, 3.63) is 49.6 Å². The third-order valence-electron chi connectivity index (χ3n) is 4.14. The van der Waals surface area contributed by atoms with Gasteiger partial charge >= 0.3 is 0 Å². The van der Waals surface area contributed by atoms with E-state index in [4.69, 9.17) is 23.2 Å². The van der Waals surface area contributed by atoms with Crippen molar-refractivity contribution in [3.63, 3.8) is 0 Å². The van der Waals surface area contributed by atoms with Crippen LogP contribution in [0.25, 0.3) is 0 Å². The predicted octanol–water partition coefficient (Wildman–Crippen LogP) is 4.64. The van der Waals surface area contributed by atoms with Crippen LogP contribution in [0.5, 0.6) is 0 Å². The number of benzene rings is 1. The van der Waals surface area contributed by atoms with Gasteiger partial charge in [-0.15, -0.1) is 11.3 Å². The van der Waals surface area contributed by atoms with Gasteiger partial charge in [0.25, 0.3) is 5.91 Å². The molecule has 0 atom stereocenters. The second kappa shape index (κ2) is 7.77. The molecule has 1 aromatic carbocycles. The largest absolute Gasteiger partial charge is 0.332 e. The monoisotopic (exact) mass is 396 g/mol. The van der Waals surface area contributed by atoms with E-state index in [1.54, 1.807) is 36.6 Å². The van der Waals surface area contributed by atoms with Gasteiger partial charge < -0.3 is 10.2 Å². The molecule has 0 spiro atoms. The predicted molar refractivity (Wildman–Crippen MR) is 103 cm³/mol. The fraction of sp³-hybridized carbons (Fsp3) is 0.333. The highest BCUT2D eigenvalue weighted by atomic mass is 35.5. The normalized spacial score (nSPS) is 13.2. The van der Waals surface area contributed by atoms with Gasteiger partial charge in [0.05, 0.1) is 21.5 Å². The molecule has 1 aromatic heterocycles. The molecule has 0 bridgehead atoms. The minimum Gasteiger partial charge on any atom is -0.332 e. The number of aryl methyl sites for hydroxylation is 2. The van der Waals surface area contributed by atoms with E-state index in [2.05, 4.69) is 5.32 Å². The zero-order valence-electron chi connectivity index (χ0n) is 13.8. The number of likely N-dealkylation sites (N-methyl/N-ethyl adjacent to an activating group) is 1. The van der Waals surface area contributed by atoms with Crippen molar-refractivity contribution in [2.45, 2.75) is 25.7 Å². The Bertz CT molecular complexity index is 796. The second-order valence-electron chi connectivity index (χ2n) is 6.10. The molecule has 1 aliphatic carbocycles. The molecular weight excluding hydrogens is 379 g/mol. The summed E-state index contributed by atoms with van der Waals surface area (Å²) in [6, 6.07) is 6.84. The fourth-order valence-electron chi connectivity index (χ4n) is 2.85. The van der Waals surface area contributed by atoms with Crippen LogP contribution in [0, 0.1) is 0 Å². The minimum absolute atomic E-state index is 0.0261. The fourth-order valence-corrected chi connectivity index (χ4v) is 4.39. The first kappa shape index (κ1) is 18.2. The van der Waals surface area contributed by atoms with Crippen molar-refractivity contribution in [1.29, 1.82) is 0 Å². The molecule has 0 aliphatic heterocycles. The number of hydrogen-bond acceptors (Lipinski definition) is 3. The van der Waals surface area contributed by atoms with Gasteiger partial charge in [-0.05, 0) is 55.5 Å². The zero-order chi connectivity index (χ0) is 18.0. The summed E-state index contributed by atoms with van der Waals surface area (Å²) >= 11 is 13.3. The third kappa shape index (κ3) is 4.35. The Morgan fingerprint density at radius 3 is 2.64 bits per heavy atom. The lowest BCUT2D eigenvalue weighted by atomic mass is 9.99. The molecule has 3 rings (SSSR count). The second-order valence-corrected chi connectivity index (χ2v) is 8.06. The molecule has 25 heavy (non-hydrogen) atoms. The average molecular weight is 397 g/mol. The molecule has 1 aliphatic rings. The van der Waals surface area contributed by atoms with Crippen molar-refractivity contribution in [1.82, 2.24) is 4.90 Å². The summed E-state index contributed by atoms with van der Waals surface area (Å²) in [5.74, 6) is -0.403. The van der Waals surface area contributed by atoms with Gasteiger partial charge in [0.2, 0.25) is 5.91 Å². The van der Waals surface area contributed by atoms with Crippen molar-refractivity contribution >= 4 is 52.0 Å². The zero-order valence-corrected chi connectivity index (χ0v) is 16.1. The summed E-state index contributed by atoms with van der Waals surface area (Å²) in [6.07, 6.45) is 4.46. The number of fused-ring (bicyclic) bond motifs is 1. The van der Waals surface area contributed by atoms with E-state index in [-0.39, 0.29) is 18.4 Å². The molecule has 2 aromatic rings. The van der Waals surface area contributed by atoms with E-state index in [1.807, 2.05) is 6.07 Å². The highest BCUT2D eigenvalue weighted by molar-refractivity contribution is 7.14. The Labute approximate surface area is 160 Å². The number of rotatable bonds is 4. The molecular formula is C18H18Cl2N2O2S. The first-order chi connectivity index (χ1) is 11.9. The van der Waals surface area contributed by atoms with E-state index in [1.165, 1.54) is 28.2 Å². The maximum atomic E-state index is 12.6. The van der Waals surface area contributed by atoms with Gasteiger partial charge in [0, 0.05) is 17.6 Å². The molecule has 2 amide bonds. The number of carbonyl (C=O) groups is 2. The first-order valence-electron chi connectivity index (χ1n) is 8.06. The molecule has 1 N–H and O–H groups in total. The van der Waals surface area contributed by atoms with Crippen LogP contribution in [0.4, 0.5) is 5.69 Å². The molecule has 0 radical (unpaired) electrons. The van der Waals surface area contributed by atoms with Gasteiger partial charge in [-0.1, -0.05) is 23.2 Å². The van der Waals surface area contributed by atoms with E-state index in [0.29, 0.717) is 20.6 Å². The minimum atomic E-state index is -0.282. The van der Waals surface area contributed by atoms with Crippen LogP contribution in [0.2, 0.25) is 10.0 Å². The Balaban J connectivity index is 1.61. The highest BCUT2D eigenvalue weighted by Gasteiger charge is 2.21. The van der Waals surface area contributed by atoms with Gasteiger partial charge in [-0.3, -0.25) is 9.59 Å². The van der Waals surface area contributed by atoms with Crippen LogP contribution in [0.15, 0.2) is 24.3 Å². The number of amides is 2. The third-order valence-corrected chi connectivity index (χ3v) is 6.10. The first-order valence-corrected chi connectivity index (χ1v) is 9.63. The molecule has 7 heteroatoms. The maximum Gasteiger partial charge on any atom is 0.264 e. The van der Waals surface area contributed by atoms with Crippen LogP contribution >= 0.6 is 34.5 Å². The molecule has 0 unspecified atom stereocenters. The van der Waals surface area contributed by atoms with Gasteiger partial charge in [-0.2, -0.15) is 0 Å². The van der Waals surface area contributed by atoms with Gasteiger partial charge in [0.1, 0.15) is 0 Å². The lowest BCUT2D eigenvalue weighted by Crippen LogP contribution is -2.34. The Morgan fingerprint density at radius 2 is 1.92 bits per heavy atom. The van der Waals surface area contributed by atoms with Crippen molar-refractivity contribution in [2.24, 2.45) is 0 Å². The van der Waals surface area contributed by atoms with Crippen LogP contribution in [-0.4, -0.2) is 30.3 Å². The van der Waals surface area contributed by atoms with Crippen LogP contribution < -0.4 is 5.32 Å². The Kier molecular flexibility index (Phi) is 5.67. The molecule has 0 saturated carbocycles. The number of carbonyl (C=O) groups excluding carboxylic acids is 2. The molecule has 4 nitrogen and oxygen atoms in total. The van der Waals surface area contributed by atoms with E-state index in [0.717, 1.165) is 12.8 Å². The summed E-state index contributed by atoms with van der Waals surface area (Å²) in [5.41, 5.74) is 1.83. The summed E-state index contributed by atoms with van der Waals surface area (Å²) < 4.78 is 0. The van der Waals surface area contributed by atoms with E-state index < -0.39 is 0 Å². The average Bonchev–Trinajstić information content (AvgIpc) is 3.01. The van der Waals surface area contributed by atoms with Gasteiger partial charge in [0.15, 0.2) is 0 Å². The lowest BCUT2D eigenvalue weighted by molar-refractivity contribution is -0.116. The summed E-state index contributed by atoms with van der Waals surface area (Å²) in [5, 5.41) is 3.52. The quantitative estimate of drug-likeness (QED) is 0.817. The molecule has 1 heterocycles. The Hall–Kier alpha value is -1.56. The smallest absolute Gasteiger partial charge is 0.264 e. The van der Waals surface area contributed by atoms with Crippen LogP contribution in [-0.2, 0) is 17.6 Å². The summed E-state index contributed by atoms with van der Waals surface area (Å²) in [7, 11) is 1.63. The van der Waals surface area contributed by atoms with Gasteiger partial charge in [-0.25, -0.2) is 0 Å². The molecule has 0 fully saturated rings. The summed E-state index contributed by atoms with van der Waals surface area (Å²) in [6.45, 7) is -0.0261. The number of thiophene rings is 1. The van der Waals surface area contributed by atoms with Crippen LogP contribution in [0.3, 0.4) is 0 Å². The van der Waals surface area contributed by atoms with Crippen LogP contribution in [0.1, 0.15) is 33.0 Å². The highest BCUT2D eigenvalue weighted by Crippen LogP contribution is 2.30. The number of anilines is 1. The number of halogens is 2. The Morgan fingerprint density at radius 1 is 1.16 bits per heavy atom. The lowest BCUT2D eigenvalue weighted by Gasteiger charge is -2.16. The maximum absolute atomic E-state index is 12.6. The number of hydrogen-bond donors (Lipinski definition) is 1. The van der Waals surface area contributed by atoms with E-state index in [9.17, 15) is 9.59 Å². The van der Waals surface area contributed by atoms with Crippen molar-refractivity contribution in [3.8, 4) is 0 Å². The molecule has 132 valence electrons. The number of nitrogens with one attached hydrogen (secondary N) is 1.